The Balaban J connectivity index is 2.31. The van der Waals surface area contributed by atoms with Gasteiger partial charge in [0.15, 0.2) is 11.5 Å². The lowest BCUT2D eigenvalue weighted by Crippen LogP contribution is -2.43. The zero-order valence-corrected chi connectivity index (χ0v) is 13.9. The molecule has 1 aliphatic rings. The molecule has 0 aliphatic carbocycles. The third kappa shape index (κ3) is 3.65. The molecule has 0 saturated carbocycles. The third-order valence-corrected chi connectivity index (χ3v) is 4.61. The second-order valence-electron chi connectivity index (χ2n) is 4.94. The van der Waals surface area contributed by atoms with Crippen molar-refractivity contribution >= 4 is 46.3 Å². The Hall–Kier alpha value is -2.06. The van der Waals surface area contributed by atoms with Gasteiger partial charge in [0.1, 0.15) is 10.4 Å². The minimum Gasteiger partial charge on any atom is -0.504 e. The Bertz CT molecular complexity index is 701. The zero-order valence-electron chi connectivity index (χ0n) is 12.2. The third-order valence-electron chi connectivity index (χ3n) is 3.28. The number of phenols is 2. The Labute approximate surface area is 142 Å². The molecule has 1 heterocycles. The molecule has 0 bridgehead atoms. The molecular formula is C15H15NO5S2. The van der Waals surface area contributed by atoms with Crippen LogP contribution in [0.3, 0.4) is 0 Å². The maximum absolute atomic E-state index is 12.5. The smallest absolute Gasteiger partial charge is 0.326 e. The van der Waals surface area contributed by atoms with Crippen LogP contribution in [0.2, 0.25) is 0 Å². The van der Waals surface area contributed by atoms with Crippen LogP contribution in [0.4, 0.5) is 0 Å². The number of phenolic OH excluding ortho intramolecular Hbond substituents is 2. The molecule has 3 N–H and O–H groups in total. The van der Waals surface area contributed by atoms with Crippen LogP contribution in [-0.2, 0) is 9.59 Å². The molecule has 0 spiro atoms. The fourth-order valence-electron chi connectivity index (χ4n) is 2.17. The Morgan fingerprint density at radius 1 is 1.39 bits per heavy atom. The number of hydrogen-bond donors (Lipinski definition) is 3. The quantitative estimate of drug-likeness (QED) is 0.425. The highest BCUT2D eigenvalue weighted by Crippen LogP contribution is 2.36. The SMILES string of the molecule is CCCC(C(=O)O)N1C(=O)/C(=C/c2ccc(O)c(O)c2)SC1=S. The van der Waals surface area contributed by atoms with E-state index in [1.165, 1.54) is 24.3 Å². The molecule has 1 aromatic rings. The van der Waals surface area contributed by atoms with Crippen molar-refractivity contribution in [3.8, 4) is 11.5 Å². The minimum absolute atomic E-state index is 0.199. The van der Waals surface area contributed by atoms with Crippen molar-refractivity contribution < 1.29 is 24.9 Å². The largest absolute Gasteiger partial charge is 0.504 e. The molecule has 1 saturated heterocycles. The normalized spacial score (nSPS) is 17.8. The van der Waals surface area contributed by atoms with Crippen LogP contribution < -0.4 is 0 Å². The molecule has 0 radical (unpaired) electrons. The summed E-state index contributed by atoms with van der Waals surface area (Å²) >= 11 is 6.16. The Morgan fingerprint density at radius 3 is 2.65 bits per heavy atom. The molecule has 1 amide bonds. The molecule has 8 heteroatoms. The summed E-state index contributed by atoms with van der Waals surface area (Å²) in [6.07, 6.45) is 2.43. The van der Waals surface area contributed by atoms with Gasteiger partial charge in [-0.05, 0) is 30.2 Å². The molecule has 1 aromatic carbocycles. The van der Waals surface area contributed by atoms with E-state index >= 15 is 0 Å². The molecule has 1 atom stereocenters. The standard InChI is InChI=1S/C15H15NO5S2/c1-2-3-9(14(20)21)16-13(19)12(23-15(16)22)7-8-4-5-10(17)11(18)6-8/h4-7,9,17-18H,2-3H2,1H3,(H,20,21)/b12-7-. The van der Waals surface area contributed by atoms with Gasteiger partial charge in [-0.3, -0.25) is 9.69 Å². The highest BCUT2D eigenvalue weighted by molar-refractivity contribution is 8.26. The van der Waals surface area contributed by atoms with E-state index < -0.39 is 17.9 Å². The molecule has 2 rings (SSSR count). The average Bonchev–Trinajstić information content (AvgIpc) is 2.75. The summed E-state index contributed by atoms with van der Waals surface area (Å²) in [4.78, 5) is 25.2. The number of nitrogens with zero attached hydrogens (tertiary/aromatic N) is 1. The van der Waals surface area contributed by atoms with Gasteiger partial charge in [0.2, 0.25) is 0 Å². The average molecular weight is 353 g/mol. The van der Waals surface area contributed by atoms with Crippen LogP contribution in [0.1, 0.15) is 25.3 Å². The predicted molar refractivity (Wildman–Crippen MR) is 91.1 cm³/mol. The number of aliphatic carboxylic acids is 1. The summed E-state index contributed by atoms with van der Waals surface area (Å²) in [7, 11) is 0. The van der Waals surface area contributed by atoms with Crippen molar-refractivity contribution in [2.45, 2.75) is 25.8 Å². The van der Waals surface area contributed by atoms with E-state index in [1.54, 1.807) is 0 Å². The van der Waals surface area contributed by atoms with Crippen molar-refractivity contribution in [3.05, 3.63) is 28.7 Å². The first-order chi connectivity index (χ1) is 10.8. The van der Waals surface area contributed by atoms with Gasteiger partial charge in [0, 0.05) is 0 Å². The van der Waals surface area contributed by atoms with Gasteiger partial charge in [-0.25, -0.2) is 4.79 Å². The van der Waals surface area contributed by atoms with Crippen molar-refractivity contribution in [1.29, 1.82) is 0 Å². The zero-order chi connectivity index (χ0) is 17.1. The molecule has 1 aliphatic heterocycles. The summed E-state index contributed by atoms with van der Waals surface area (Å²) < 4.78 is 0.199. The Kier molecular flexibility index (Phi) is 5.27. The maximum atomic E-state index is 12.5. The fraction of sp³-hybridized carbons (Fsp3) is 0.267. The Morgan fingerprint density at radius 2 is 2.09 bits per heavy atom. The van der Waals surface area contributed by atoms with Gasteiger partial charge in [0.25, 0.3) is 5.91 Å². The summed E-state index contributed by atoms with van der Waals surface area (Å²) in [6.45, 7) is 1.84. The summed E-state index contributed by atoms with van der Waals surface area (Å²) in [5.74, 6) is -2.12. The van der Waals surface area contributed by atoms with Crippen LogP contribution >= 0.6 is 24.0 Å². The number of rotatable bonds is 5. The van der Waals surface area contributed by atoms with Crippen LogP contribution in [0.5, 0.6) is 11.5 Å². The van der Waals surface area contributed by atoms with Crippen molar-refractivity contribution in [3.63, 3.8) is 0 Å². The second kappa shape index (κ2) is 7.01. The summed E-state index contributed by atoms with van der Waals surface area (Å²) in [5.41, 5.74) is 0.503. The van der Waals surface area contributed by atoms with Crippen LogP contribution in [0.25, 0.3) is 6.08 Å². The highest BCUT2D eigenvalue weighted by atomic mass is 32.2. The number of aromatic hydroxyl groups is 2. The topological polar surface area (TPSA) is 98.1 Å². The number of benzene rings is 1. The number of carbonyl (C=O) groups excluding carboxylic acids is 1. The molecule has 0 aromatic heterocycles. The van der Waals surface area contributed by atoms with E-state index in [-0.39, 0.29) is 20.7 Å². The van der Waals surface area contributed by atoms with E-state index in [2.05, 4.69) is 0 Å². The van der Waals surface area contributed by atoms with Crippen molar-refractivity contribution in [1.82, 2.24) is 4.90 Å². The lowest BCUT2D eigenvalue weighted by molar-refractivity contribution is -0.145. The highest BCUT2D eigenvalue weighted by Gasteiger charge is 2.39. The van der Waals surface area contributed by atoms with Gasteiger partial charge < -0.3 is 15.3 Å². The number of thioether (sulfide) groups is 1. The van der Waals surface area contributed by atoms with Crippen molar-refractivity contribution in [2.24, 2.45) is 0 Å². The second-order valence-corrected chi connectivity index (χ2v) is 6.62. The van der Waals surface area contributed by atoms with Crippen LogP contribution in [-0.4, -0.2) is 42.5 Å². The maximum Gasteiger partial charge on any atom is 0.326 e. The first kappa shape index (κ1) is 17.3. The number of hydrogen-bond acceptors (Lipinski definition) is 6. The van der Waals surface area contributed by atoms with Crippen LogP contribution in [0, 0.1) is 0 Å². The lowest BCUT2D eigenvalue weighted by atomic mass is 10.1. The number of thiocarbonyl (C=S) groups is 1. The fourth-order valence-corrected chi connectivity index (χ4v) is 3.52. The van der Waals surface area contributed by atoms with Gasteiger partial charge in [0.05, 0.1) is 4.91 Å². The summed E-state index contributed by atoms with van der Waals surface area (Å²) in [5, 5.41) is 28.1. The monoisotopic (exact) mass is 353 g/mol. The lowest BCUT2D eigenvalue weighted by Gasteiger charge is -2.22. The van der Waals surface area contributed by atoms with E-state index in [9.17, 15) is 24.9 Å². The van der Waals surface area contributed by atoms with Gasteiger partial charge in [-0.2, -0.15) is 0 Å². The molecular weight excluding hydrogens is 338 g/mol. The van der Waals surface area contributed by atoms with Crippen LogP contribution in [0.15, 0.2) is 23.1 Å². The predicted octanol–water partition coefficient (Wildman–Crippen LogP) is 2.55. The van der Waals surface area contributed by atoms with E-state index in [4.69, 9.17) is 12.2 Å². The number of amides is 1. The molecule has 1 fully saturated rings. The number of carboxylic acid groups (broad SMARTS) is 1. The molecule has 6 nitrogen and oxygen atoms in total. The van der Waals surface area contributed by atoms with Crippen molar-refractivity contribution in [2.75, 3.05) is 0 Å². The first-order valence-corrected chi connectivity index (χ1v) is 8.09. The van der Waals surface area contributed by atoms with E-state index in [1.807, 2.05) is 6.92 Å². The number of carbonyl (C=O) groups is 2. The van der Waals surface area contributed by atoms with Gasteiger partial charge in [-0.15, -0.1) is 0 Å². The molecule has 122 valence electrons. The van der Waals surface area contributed by atoms with E-state index in [0.717, 1.165) is 16.7 Å². The summed E-state index contributed by atoms with van der Waals surface area (Å²) in [6, 6.07) is 3.16. The number of carboxylic acids is 1. The first-order valence-electron chi connectivity index (χ1n) is 6.87. The van der Waals surface area contributed by atoms with Gasteiger partial charge >= 0.3 is 5.97 Å². The minimum atomic E-state index is -1.09. The molecule has 23 heavy (non-hydrogen) atoms. The molecule has 1 unspecified atom stereocenters. The van der Waals surface area contributed by atoms with E-state index in [0.29, 0.717) is 18.4 Å². The van der Waals surface area contributed by atoms with Gasteiger partial charge in [-0.1, -0.05) is 43.4 Å².